The second-order valence-electron chi connectivity index (χ2n) is 7.67. The number of anilines is 2. The molecule has 0 spiro atoms. The lowest BCUT2D eigenvalue weighted by molar-refractivity contribution is 0.102. The van der Waals surface area contributed by atoms with Gasteiger partial charge in [0, 0.05) is 42.7 Å². The first-order chi connectivity index (χ1) is 14.1. The normalized spacial score (nSPS) is 18.6. The molecule has 150 valence electrons. The fourth-order valence-corrected chi connectivity index (χ4v) is 4.97. The van der Waals surface area contributed by atoms with Crippen LogP contribution in [0.1, 0.15) is 28.4 Å². The Kier molecular flexibility index (Phi) is 4.64. The molecule has 2 aliphatic rings. The number of benzene rings is 1. The Morgan fingerprint density at radius 3 is 2.93 bits per heavy atom. The zero-order valence-electron chi connectivity index (χ0n) is 16.5. The summed E-state index contributed by atoms with van der Waals surface area (Å²) in [5.74, 6) is 0.782. The molecule has 6 nitrogen and oxygen atoms in total. The van der Waals surface area contributed by atoms with Crippen LogP contribution in [0.4, 0.5) is 11.4 Å². The van der Waals surface area contributed by atoms with Gasteiger partial charge in [-0.25, -0.2) is 0 Å². The van der Waals surface area contributed by atoms with E-state index in [1.54, 1.807) is 17.5 Å². The van der Waals surface area contributed by atoms with Gasteiger partial charge in [0.05, 0.1) is 40.4 Å². The van der Waals surface area contributed by atoms with E-state index in [1.807, 2.05) is 12.3 Å². The van der Waals surface area contributed by atoms with Gasteiger partial charge in [-0.1, -0.05) is 0 Å². The quantitative estimate of drug-likeness (QED) is 0.708. The standard InChI is InChI=1S/C22H23N3O3S/c1-13-7-20-21(23-11-13)16(12-29-20)22(26)24-17-9-15-8-14(2)28-19(15)10-18(17)25-3-5-27-6-4-25/h7,9-12,14H,3-6,8H2,1-2H3,(H,24,26). The summed E-state index contributed by atoms with van der Waals surface area (Å²) in [6.07, 6.45) is 2.81. The Bertz CT molecular complexity index is 1090. The molecule has 7 heteroatoms. The summed E-state index contributed by atoms with van der Waals surface area (Å²) >= 11 is 1.55. The molecule has 1 atom stereocenters. The smallest absolute Gasteiger partial charge is 0.258 e. The van der Waals surface area contributed by atoms with E-state index in [9.17, 15) is 4.79 Å². The Hall–Kier alpha value is -2.64. The molecule has 5 rings (SSSR count). The molecule has 2 aromatic heterocycles. The van der Waals surface area contributed by atoms with Crippen LogP contribution in [0, 0.1) is 6.92 Å². The van der Waals surface area contributed by atoms with Crippen LogP contribution in [-0.2, 0) is 11.2 Å². The summed E-state index contributed by atoms with van der Waals surface area (Å²) in [7, 11) is 0. The van der Waals surface area contributed by atoms with Crippen LogP contribution in [0.3, 0.4) is 0 Å². The van der Waals surface area contributed by atoms with Crippen molar-refractivity contribution in [2.75, 3.05) is 36.5 Å². The van der Waals surface area contributed by atoms with E-state index in [0.717, 1.165) is 58.0 Å². The maximum absolute atomic E-state index is 13.2. The first-order valence-electron chi connectivity index (χ1n) is 9.90. The Morgan fingerprint density at radius 2 is 2.10 bits per heavy atom. The molecule has 1 fully saturated rings. The summed E-state index contributed by atoms with van der Waals surface area (Å²) in [6, 6.07) is 6.19. The molecule has 1 unspecified atom stereocenters. The Labute approximate surface area is 173 Å². The molecule has 0 radical (unpaired) electrons. The van der Waals surface area contributed by atoms with Crippen LogP contribution in [-0.4, -0.2) is 43.3 Å². The minimum absolute atomic E-state index is 0.131. The van der Waals surface area contributed by atoms with Gasteiger partial charge in [0.1, 0.15) is 11.9 Å². The van der Waals surface area contributed by atoms with Crippen molar-refractivity contribution in [3.05, 3.63) is 46.5 Å². The highest BCUT2D eigenvalue weighted by molar-refractivity contribution is 7.17. The number of hydrogen-bond acceptors (Lipinski definition) is 6. The van der Waals surface area contributed by atoms with Gasteiger partial charge in [-0.15, -0.1) is 11.3 Å². The van der Waals surface area contributed by atoms with E-state index in [-0.39, 0.29) is 12.0 Å². The molecule has 3 aromatic rings. The molecule has 0 aliphatic carbocycles. The Morgan fingerprint density at radius 1 is 1.28 bits per heavy atom. The van der Waals surface area contributed by atoms with Crippen LogP contribution in [0.25, 0.3) is 10.2 Å². The molecule has 1 saturated heterocycles. The number of pyridine rings is 1. The maximum Gasteiger partial charge on any atom is 0.258 e. The topological polar surface area (TPSA) is 63.7 Å². The van der Waals surface area contributed by atoms with Gasteiger partial charge in [-0.2, -0.15) is 0 Å². The molecule has 1 aromatic carbocycles. The lowest BCUT2D eigenvalue weighted by Gasteiger charge is -2.31. The van der Waals surface area contributed by atoms with E-state index >= 15 is 0 Å². The molecule has 2 aliphatic heterocycles. The lowest BCUT2D eigenvalue weighted by atomic mass is 10.1. The molecular formula is C22H23N3O3S. The van der Waals surface area contributed by atoms with Crippen LogP contribution in [0.15, 0.2) is 29.8 Å². The van der Waals surface area contributed by atoms with E-state index in [0.29, 0.717) is 18.8 Å². The number of fused-ring (bicyclic) bond motifs is 2. The number of amides is 1. The van der Waals surface area contributed by atoms with Crippen molar-refractivity contribution in [2.45, 2.75) is 26.4 Å². The van der Waals surface area contributed by atoms with Crippen molar-refractivity contribution in [2.24, 2.45) is 0 Å². The number of ether oxygens (including phenoxy) is 2. The molecule has 4 heterocycles. The van der Waals surface area contributed by atoms with Gasteiger partial charge in [-0.3, -0.25) is 9.78 Å². The highest BCUT2D eigenvalue weighted by atomic mass is 32.1. The van der Waals surface area contributed by atoms with Gasteiger partial charge < -0.3 is 19.7 Å². The van der Waals surface area contributed by atoms with E-state index in [4.69, 9.17) is 9.47 Å². The highest BCUT2D eigenvalue weighted by Gasteiger charge is 2.25. The van der Waals surface area contributed by atoms with Crippen molar-refractivity contribution >= 4 is 38.8 Å². The number of morpholine rings is 1. The van der Waals surface area contributed by atoms with Crippen LogP contribution in [0.5, 0.6) is 5.75 Å². The maximum atomic E-state index is 13.2. The molecule has 1 amide bonds. The average Bonchev–Trinajstić information content (AvgIpc) is 3.29. The van der Waals surface area contributed by atoms with E-state index in [1.165, 1.54) is 0 Å². The van der Waals surface area contributed by atoms with Crippen molar-refractivity contribution in [1.82, 2.24) is 4.98 Å². The van der Waals surface area contributed by atoms with Gasteiger partial charge in [0.25, 0.3) is 5.91 Å². The number of rotatable bonds is 3. The van der Waals surface area contributed by atoms with Crippen LogP contribution in [0.2, 0.25) is 0 Å². The zero-order chi connectivity index (χ0) is 20.0. The predicted octanol–water partition coefficient (Wildman–Crippen LogP) is 4.02. The fraction of sp³-hybridized carbons (Fsp3) is 0.364. The van der Waals surface area contributed by atoms with E-state index < -0.39 is 0 Å². The van der Waals surface area contributed by atoms with Crippen molar-refractivity contribution in [3.8, 4) is 5.75 Å². The SMILES string of the molecule is Cc1cnc2c(C(=O)Nc3cc4c(cc3N3CCOCC3)OC(C)C4)csc2c1. The zero-order valence-corrected chi connectivity index (χ0v) is 17.3. The third kappa shape index (κ3) is 3.45. The Balaban J connectivity index is 1.50. The predicted molar refractivity (Wildman–Crippen MR) is 116 cm³/mol. The van der Waals surface area contributed by atoms with Crippen molar-refractivity contribution < 1.29 is 14.3 Å². The fourth-order valence-electron chi connectivity index (χ4n) is 3.98. The first kappa shape index (κ1) is 18.4. The molecule has 0 saturated carbocycles. The number of aromatic nitrogens is 1. The number of carbonyl (C=O) groups is 1. The van der Waals surface area contributed by atoms with Crippen molar-refractivity contribution in [3.63, 3.8) is 0 Å². The molecule has 29 heavy (non-hydrogen) atoms. The van der Waals surface area contributed by atoms with Crippen molar-refractivity contribution in [1.29, 1.82) is 0 Å². The summed E-state index contributed by atoms with van der Waals surface area (Å²) in [4.78, 5) is 19.9. The second kappa shape index (κ2) is 7.31. The molecular weight excluding hydrogens is 386 g/mol. The van der Waals surface area contributed by atoms with Gasteiger partial charge in [-0.05, 0) is 31.5 Å². The van der Waals surface area contributed by atoms with Gasteiger partial charge in [0.15, 0.2) is 0 Å². The largest absolute Gasteiger partial charge is 0.490 e. The summed E-state index contributed by atoms with van der Waals surface area (Å²) in [5.41, 5.74) is 5.40. The summed E-state index contributed by atoms with van der Waals surface area (Å²) in [5, 5.41) is 5.04. The van der Waals surface area contributed by atoms with E-state index in [2.05, 4.69) is 40.3 Å². The third-order valence-electron chi connectivity index (χ3n) is 5.41. The second-order valence-corrected chi connectivity index (χ2v) is 8.58. The number of thiophene rings is 1. The number of hydrogen-bond donors (Lipinski definition) is 1. The van der Waals surface area contributed by atoms with Crippen LogP contribution < -0.4 is 15.0 Å². The lowest BCUT2D eigenvalue weighted by Crippen LogP contribution is -2.36. The number of nitrogens with zero attached hydrogens (tertiary/aromatic N) is 2. The summed E-state index contributed by atoms with van der Waals surface area (Å²) < 4.78 is 12.5. The summed E-state index contributed by atoms with van der Waals surface area (Å²) in [6.45, 7) is 7.02. The monoisotopic (exact) mass is 409 g/mol. The average molecular weight is 410 g/mol. The number of aryl methyl sites for hydroxylation is 1. The van der Waals surface area contributed by atoms with Crippen LogP contribution >= 0.6 is 11.3 Å². The number of carbonyl (C=O) groups excluding carboxylic acids is 1. The molecule has 0 bridgehead atoms. The van der Waals surface area contributed by atoms with Gasteiger partial charge >= 0.3 is 0 Å². The first-order valence-corrected chi connectivity index (χ1v) is 10.8. The highest BCUT2D eigenvalue weighted by Crippen LogP contribution is 2.39. The minimum atomic E-state index is -0.131. The minimum Gasteiger partial charge on any atom is -0.490 e. The third-order valence-corrected chi connectivity index (χ3v) is 6.33. The van der Waals surface area contributed by atoms with Gasteiger partial charge in [0.2, 0.25) is 0 Å². The molecule has 1 N–H and O–H groups in total. The number of nitrogens with one attached hydrogen (secondary N) is 1.